The van der Waals surface area contributed by atoms with Gasteiger partial charge in [0.05, 0.1) is 34.6 Å². The maximum atomic E-state index is 15.8. The van der Waals surface area contributed by atoms with Crippen molar-refractivity contribution >= 4 is 57.7 Å². The molecule has 3 fully saturated rings. The summed E-state index contributed by atoms with van der Waals surface area (Å²) in [5, 5.41) is 7.26. The second kappa shape index (κ2) is 15.2. The van der Waals surface area contributed by atoms with Crippen molar-refractivity contribution in [1.29, 1.82) is 0 Å². The van der Waals surface area contributed by atoms with Crippen molar-refractivity contribution in [3.63, 3.8) is 0 Å². The molecule has 0 bridgehead atoms. The summed E-state index contributed by atoms with van der Waals surface area (Å²) in [4.78, 5) is 20.0. The second-order valence-corrected chi connectivity index (χ2v) is 17.0. The highest BCUT2D eigenvalue weighted by Crippen LogP contribution is 2.54. The Morgan fingerprint density at radius 3 is 2.41 bits per heavy atom. The highest BCUT2D eigenvalue weighted by molar-refractivity contribution is 8.02. The van der Waals surface area contributed by atoms with Gasteiger partial charge >= 0.3 is 0 Å². The fourth-order valence-electron chi connectivity index (χ4n) is 9.46. The Hall–Kier alpha value is -5.18. The van der Waals surface area contributed by atoms with Crippen LogP contribution in [0.25, 0.3) is 11.0 Å². The number of allylic oxidation sites excluding steroid dienone is 2. The number of piperidine rings is 2. The van der Waals surface area contributed by atoms with Crippen LogP contribution >= 0.6 is 12.1 Å². The van der Waals surface area contributed by atoms with Crippen LogP contribution < -0.4 is 24.1 Å². The molecule has 0 amide bonds. The summed E-state index contributed by atoms with van der Waals surface area (Å²) in [6, 6.07) is 17.1. The van der Waals surface area contributed by atoms with Gasteiger partial charge in [0.15, 0.2) is 5.82 Å². The molecule has 0 saturated carbocycles. The second-order valence-electron chi connectivity index (χ2n) is 16.1. The van der Waals surface area contributed by atoms with E-state index < -0.39 is 17.6 Å². The van der Waals surface area contributed by atoms with E-state index in [9.17, 15) is 0 Å². The van der Waals surface area contributed by atoms with Gasteiger partial charge in [0.2, 0.25) is 5.95 Å². The molecule has 0 spiro atoms. The zero-order valence-electron chi connectivity index (χ0n) is 32.4. The quantitative estimate of drug-likeness (QED) is 0.126. The Morgan fingerprint density at radius 1 is 0.828 bits per heavy atom. The Kier molecular flexibility index (Phi) is 9.73. The lowest BCUT2D eigenvalue weighted by atomic mass is 9.86. The van der Waals surface area contributed by atoms with Crippen LogP contribution in [0.5, 0.6) is 0 Å². The molecular formula is C44H47F3N10S. The molecule has 0 radical (unpaired) electrons. The first kappa shape index (κ1) is 37.1. The smallest absolute Gasteiger partial charge is 0.231 e. The Balaban J connectivity index is 0.723. The molecular weight excluding hydrogens is 758 g/mol. The SMILES string of the molecule is C=C1CCC(c2c(F)cc(CCN3CCN(C4CCN(c5ccc(Nc6nc(N7SN8CCc9cccc7c98)c7cc[nH]c7n6)cc5F)CC4)CC3)cc2F)C(=C)N1. The summed E-state index contributed by atoms with van der Waals surface area (Å²) in [5.41, 5.74) is 7.84. The van der Waals surface area contributed by atoms with Crippen molar-refractivity contribution in [2.24, 2.45) is 0 Å². The van der Waals surface area contributed by atoms with E-state index in [0.29, 0.717) is 59.5 Å². The summed E-state index contributed by atoms with van der Waals surface area (Å²) < 4.78 is 50.7. The molecule has 0 aliphatic carbocycles. The molecule has 10 rings (SSSR count). The Bertz CT molecular complexity index is 2380. The van der Waals surface area contributed by atoms with E-state index in [1.807, 2.05) is 24.4 Å². The van der Waals surface area contributed by atoms with Gasteiger partial charge in [-0.3, -0.25) is 9.21 Å². The summed E-state index contributed by atoms with van der Waals surface area (Å²) in [5.74, 6) is -0.481. The van der Waals surface area contributed by atoms with Crippen LogP contribution in [0, 0.1) is 17.5 Å². The van der Waals surface area contributed by atoms with Crippen molar-refractivity contribution in [3.05, 3.63) is 119 Å². The maximum absolute atomic E-state index is 15.8. The number of anilines is 6. The first-order valence-electron chi connectivity index (χ1n) is 20.4. The topological polar surface area (TPSA) is 81.8 Å². The predicted octanol–water partition coefficient (Wildman–Crippen LogP) is 8.52. The number of fused-ring (bicyclic) bond motifs is 1. The number of hydrogen-bond acceptors (Lipinski definition) is 10. The summed E-state index contributed by atoms with van der Waals surface area (Å²) in [7, 11) is 0. The summed E-state index contributed by atoms with van der Waals surface area (Å²) in [6.45, 7) is 14.9. The van der Waals surface area contributed by atoms with Crippen molar-refractivity contribution in [2.45, 2.75) is 50.5 Å². The van der Waals surface area contributed by atoms with Gasteiger partial charge in [-0.25, -0.2) is 17.5 Å². The van der Waals surface area contributed by atoms with Gasteiger partial charge in [0.25, 0.3) is 0 Å². The van der Waals surface area contributed by atoms with Crippen molar-refractivity contribution < 1.29 is 13.2 Å². The molecule has 3 aromatic carbocycles. The number of hydrogen-bond donors (Lipinski definition) is 3. The lowest BCUT2D eigenvalue weighted by Gasteiger charge is -2.43. The van der Waals surface area contributed by atoms with Crippen LogP contribution in [0.1, 0.15) is 48.3 Å². The molecule has 5 aromatic rings. The zero-order valence-corrected chi connectivity index (χ0v) is 33.2. The lowest BCUT2D eigenvalue weighted by molar-refractivity contribution is 0.0854. The third-order valence-electron chi connectivity index (χ3n) is 12.5. The zero-order chi connectivity index (χ0) is 39.5. The Labute approximate surface area is 341 Å². The normalized spacial score (nSPS) is 20.3. The Morgan fingerprint density at radius 2 is 1.64 bits per heavy atom. The average Bonchev–Trinajstić information content (AvgIpc) is 3.97. The molecule has 3 N–H and O–H groups in total. The first-order valence-corrected chi connectivity index (χ1v) is 21.1. The molecule has 1 unspecified atom stereocenters. The van der Waals surface area contributed by atoms with Crippen LogP contribution in [0.4, 0.5) is 47.7 Å². The summed E-state index contributed by atoms with van der Waals surface area (Å²) >= 11 is 1.65. The number of rotatable bonds is 9. The van der Waals surface area contributed by atoms with E-state index in [0.717, 1.165) is 94.2 Å². The molecule has 58 heavy (non-hydrogen) atoms. The molecule has 3 saturated heterocycles. The van der Waals surface area contributed by atoms with Gasteiger partial charge in [-0.1, -0.05) is 25.3 Å². The van der Waals surface area contributed by atoms with Crippen LogP contribution in [0.3, 0.4) is 0 Å². The van der Waals surface area contributed by atoms with E-state index in [4.69, 9.17) is 9.97 Å². The number of nitrogens with zero attached hydrogens (tertiary/aromatic N) is 7. The first-order chi connectivity index (χ1) is 28.3. The van der Waals surface area contributed by atoms with Crippen molar-refractivity contribution in [3.8, 4) is 0 Å². The van der Waals surface area contributed by atoms with Crippen LogP contribution in [-0.4, -0.2) is 83.2 Å². The van der Waals surface area contributed by atoms with Gasteiger partial charge < -0.3 is 25.4 Å². The molecule has 7 heterocycles. The fourth-order valence-corrected chi connectivity index (χ4v) is 10.6. The number of aromatic amines is 1. The van der Waals surface area contributed by atoms with E-state index in [1.165, 1.54) is 29.4 Å². The highest BCUT2D eigenvalue weighted by atomic mass is 32.2. The van der Waals surface area contributed by atoms with Gasteiger partial charge in [0.1, 0.15) is 23.1 Å². The third kappa shape index (κ3) is 6.94. The minimum atomic E-state index is -0.498. The summed E-state index contributed by atoms with van der Waals surface area (Å²) in [6.07, 6.45) is 6.70. The number of benzene rings is 3. The third-order valence-corrected chi connectivity index (χ3v) is 13.6. The van der Waals surface area contributed by atoms with E-state index in [-0.39, 0.29) is 11.4 Å². The van der Waals surface area contributed by atoms with E-state index in [2.05, 4.69) is 70.3 Å². The lowest BCUT2D eigenvalue weighted by Crippen LogP contribution is -2.53. The molecule has 14 heteroatoms. The highest BCUT2D eigenvalue weighted by Gasteiger charge is 2.36. The average molecular weight is 805 g/mol. The van der Waals surface area contributed by atoms with E-state index >= 15 is 13.2 Å². The number of para-hydroxylation sites is 1. The van der Waals surface area contributed by atoms with E-state index in [1.54, 1.807) is 12.1 Å². The van der Waals surface area contributed by atoms with Gasteiger partial charge in [-0.2, -0.15) is 9.97 Å². The molecule has 2 aromatic heterocycles. The van der Waals surface area contributed by atoms with Crippen LogP contribution in [0.2, 0.25) is 0 Å². The molecule has 5 aliphatic heterocycles. The van der Waals surface area contributed by atoms with Crippen molar-refractivity contribution in [1.82, 2.24) is 30.1 Å². The van der Waals surface area contributed by atoms with Crippen LogP contribution in [-0.2, 0) is 12.8 Å². The van der Waals surface area contributed by atoms with Crippen molar-refractivity contribution in [2.75, 3.05) is 71.2 Å². The number of halogens is 3. The van der Waals surface area contributed by atoms with Gasteiger partial charge in [-0.15, -0.1) is 0 Å². The number of aromatic nitrogens is 3. The van der Waals surface area contributed by atoms with Gasteiger partial charge in [0, 0.05) is 93.2 Å². The minimum Gasteiger partial charge on any atom is -0.369 e. The van der Waals surface area contributed by atoms with Crippen LogP contribution in [0.15, 0.2) is 85.3 Å². The standard InChI is InChI=1S/C44H47F3N10S/c1-27-6-8-33(28(2)49-27)40-36(46)24-29(25-37(40)47)11-16-53-20-22-54(23-21-53)32-13-17-55(18-14-32)38-9-7-31(26-35(38)45)50-44-51-42-34(10-15-48-42)43(52-44)57-39-5-3-4-30-12-19-56(58-57)41(30)39/h3-5,7,9-10,15,24-26,32-33,49H,1-2,6,8,11-14,16-23H2,(H2,48,50,51,52). The molecule has 300 valence electrons. The largest absolute Gasteiger partial charge is 0.369 e. The fraction of sp³-hybridized carbons (Fsp3) is 0.364. The predicted molar refractivity (Wildman–Crippen MR) is 227 cm³/mol. The van der Waals surface area contributed by atoms with Gasteiger partial charge in [-0.05, 0) is 92.1 Å². The maximum Gasteiger partial charge on any atom is 0.231 e. The number of piperazine rings is 1. The minimum absolute atomic E-state index is 0.102. The number of nitrogens with one attached hydrogen (secondary N) is 3. The number of H-pyrrole nitrogens is 1. The molecule has 5 aliphatic rings. The monoisotopic (exact) mass is 804 g/mol. The molecule has 10 nitrogen and oxygen atoms in total. The molecule has 1 atom stereocenters.